The molecule has 2 aromatic carbocycles. The Kier molecular flexibility index (Phi) is 4.97. The number of hydrogen-bond donors (Lipinski definition) is 1. The predicted octanol–water partition coefficient (Wildman–Crippen LogP) is 4.16. The summed E-state index contributed by atoms with van der Waals surface area (Å²) in [5, 5.41) is 12.7. The van der Waals surface area contributed by atoms with Crippen LogP contribution in [0.15, 0.2) is 42.5 Å². The van der Waals surface area contributed by atoms with Gasteiger partial charge < -0.3 is 10.1 Å². The van der Waals surface area contributed by atoms with Crippen LogP contribution in [0, 0.1) is 18.3 Å². The highest BCUT2D eigenvalue weighted by atomic mass is 16.5. The summed E-state index contributed by atoms with van der Waals surface area (Å²) in [4.78, 5) is 0. The van der Waals surface area contributed by atoms with Crippen LogP contribution in [0.3, 0.4) is 0 Å². The maximum Gasteiger partial charge on any atom is 0.145 e. The quantitative estimate of drug-likeness (QED) is 0.894. The average molecular weight is 280 g/mol. The predicted molar refractivity (Wildman–Crippen MR) is 84.4 cm³/mol. The van der Waals surface area contributed by atoms with E-state index in [9.17, 15) is 5.26 Å². The van der Waals surface area contributed by atoms with Gasteiger partial charge >= 0.3 is 0 Å². The lowest BCUT2D eigenvalue weighted by Crippen LogP contribution is -2.21. The number of benzene rings is 2. The van der Waals surface area contributed by atoms with Crippen LogP contribution in [0.5, 0.6) is 11.5 Å². The molecule has 0 spiro atoms. The van der Waals surface area contributed by atoms with E-state index < -0.39 is 0 Å². The number of rotatable bonds is 5. The van der Waals surface area contributed by atoms with Crippen LogP contribution in [0.25, 0.3) is 0 Å². The molecule has 0 aliphatic heterocycles. The molecule has 2 aromatic rings. The number of aryl methyl sites for hydroxylation is 1. The lowest BCUT2D eigenvalue weighted by Gasteiger charge is -2.12. The van der Waals surface area contributed by atoms with E-state index in [2.05, 4.69) is 25.2 Å². The fourth-order valence-corrected chi connectivity index (χ4v) is 1.97. The monoisotopic (exact) mass is 280 g/mol. The summed E-state index contributed by atoms with van der Waals surface area (Å²) in [5.74, 6) is 1.38. The number of ether oxygens (including phenoxy) is 1. The Morgan fingerprint density at radius 2 is 1.90 bits per heavy atom. The first-order chi connectivity index (χ1) is 10.1. The van der Waals surface area contributed by atoms with E-state index in [-0.39, 0.29) is 0 Å². The molecular formula is C18H20N2O. The van der Waals surface area contributed by atoms with Gasteiger partial charge in [0.2, 0.25) is 0 Å². The minimum atomic E-state index is 0.415. The molecule has 0 radical (unpaired) electrons. The van der Waals surface area contributed by atoms with Gasteiger partial charge in [-0.25, -0.2) is 0 Å². The summed E-state index contributed by atoms with van der Waals surface area (Å²) >= 11 is 0. The van der Waals surface area contributed by atoms with Gasteiger partial charge in [0.1, 0.15) is 17.6 Å². The summed E-state index contributed by atoms with van der Waals surface area (Å²) in [6.45, 7) is 6.93. The first kappa shape index (κ1) is 15.1. The largest absolute Gasteiger partial charge is 0.456 e. The van der Waals surface area contributed by atoms with Crippen molar-refractivity contribution in [3.8, 4) is 17.6 Å². The van der Waals surface area contributed by atoms with Gasteiger partial charge in [-0.2, -0.15) is 5.26 Å². The summed E-state index contributed by atoms with van der Waals surface area (Å²) in [5.41, 5.74) is 2.69. The second-order valence-corrected chi connectivity index (χ2v) is 5.35. The van der Waals surface area contributed by atoms with Crippen LogP contribution in [-0.4, -0.2) is 6.04 Å². The molecule has 0 atom stereocenters. The minimum absolute atomic E-state index is 0.415. The molecule has 0 fully saturated rings. The van der Waals surface area contributed by atoms with Crippen LogP contribution in [0.1, 0.15) is 30.5 Å². The molecule has 2 rings (SSSR count). The van der Waals surface area contributed by atoms with Gasteiger partial charge in [-0.1, -0.05) is 38.1 Å². The number of para-hydroxylation sites is 1. The zero-order valence-corrected chi connectivity index (χ0v) is 12.7. The van der Waals surface area contributed by atoms with Crippen molar-refractivity contribution >= 4 is 0 Å². The SMILES string of the molecule is Cc1ccccc1Oc1ccc(CNC(C)C)cc1C#N. The van der Waals surface area contributed by atoms with Crippen molar-refractivity contribution in [2.75, 3.05) is 0 Å². The molecule has 0 bridgehead atoms. The van der Waals surface area contributed by atoms with Gasteiger partial charge in [0.25, 0.3) is 0 Å². The topological polar surface area (TPSA) is 45.0 Å². The lowest BCUT2D eigenvalue weighted by atomic mass is 10.1. The molecule has 0 aliphatic rings. The number of nitrogens with zero attached hydrogens (tertiary/aromatic N) is 1. The van der Waals surface area contributed by atoms with Crippen molar-refractivity contribution in [2.24, 2.45) is 0 Å². The smallest absolute Gasteiger partial charge is 0.145 e. The van der Waals surface area contributed by atoms with Crippen molar-refractivity contribution in [1.29, 1.82) is 5.26 Å². The van der Waals surface area contributed by atoms with E-state index >= 15 is 0 Å². The van der Waals surface area contributed by atoms with E-state index in [1.807, 2.05) is 49.4 Å². The molecule has 108 valence electrons. The molecule has 0 aliphatic carbocycles. The average Bonchev–Trinajstić information content (AvgIpc) is 2.48. The first-order valence-electron chi connectivity index (χ1n) is 7.10. The highest BCUT2D eigenvalue weighted by Gasteiger charge is 2.08. The third kappa shape index (κ3) is 4.08. The lowest BCUT2D eigenvalue weighted by molar-refractivity contribution is 0.477. The van der Waals surface area contributed by atoms with E-state index in [4.69, 9.17) is 4.74 Å². The highest BCUT2D eigenvalue weighted by Crippen LogP contribution is 2.28. The Morgan fingerprint density at radius 3 is 2.57 bits per heavy atom. The second kappa shape index (κ2) is 6.92. The normalized spacial score (nSPS) is 10.4. The highest BCUT2D eigenvalue weighted by molar-refractivity contribution is 5.48. The number of hydrogen-bond acceptors (Lipinski definition) is 3. The van der Waals surface area contributed by atoms with E-state index in [0.29, 0.717) is 17.4 Å². The third-order valence-electron chi connectivity index (χ3n) is 3.19. The van der Waals surface area contributed by atoms with Gasteiger partial charge in [-0.05, 0) is 36.2 Å². The molecule has 1 N–H and O–H groups in total. The van der Waals surface area contributed by atoms with Crippen molar-refractivity contribution < 1.29 is 4.74 Å². The number of nitriles is 1. The van der Waals surface area contributed by atoms with Gasteiger partial charge in [-0.15, -0.1) is 0 Å². The molecule has 0 saturated heterocycles. The van der Waals surface area contributed by atoms with Crippen LogP contribution >= 0.6 is 0 Å². The minimum Gasteiger partial charge on any atom is -0.456 e. The zero-order chi connectivity index (χ0) is 15.2. The van der Waals surface area contributed by atoms with Crippen LogP contribution in [-0.2, 0) is 6.54 Å². The Bertz CT molecular complexity index is 657. The maximum atomic E-state index is 9.32. The van der Waals surface area contributed by atoms with Gasteiger partial charge in [-0.3, -0.25) is 0 Å². The Hall–Kier alpha value is -2.31. The molecule has 3 heteroatoms. The van der Waals surface area contributed by atoms with E-state index in [1.54, 1.807) is 0 Å². The third-order valence-corrected chi connectivity index (χ3v) is 3.19. The molecule has 0 saturated carbocycles. The molecule has 0 heterocycles. The Morgan fingerprint density at radius 1 is 1.14 bits per heavy atom. The van der Waals surface area contributed by atoms with E-state index in [1.165, 1.54) is 0 Å². The Labute approximate surface area is 126 Å². The second-order valence-electron chi connectivity index (χ2n) is 5.35. The van der Waals surface area contributed by atoms with Crippen molar-refractivity contribution in [3.63, 3.8) is 0 Å². The van der Waals surface area contributed by atoms with Crippen LogP contribution in [0.4, 0.5) is 0 Å². The summed E-state index contributed by atoms with van der Waals surface area (Å²) in [6, 6.07) is 16.1. The van der Waals surface area contributed by atoms with Crippen LogP contribution < -0.4 is 10.1 Å². The standard InChI is InChI=1S/C18H20N2O/c1-13(2)20-12-15-8-9-18(16(10-15)11-19)21-17-7-5-4-6-14(17)3/h4-10,13,20H,12H2,1-3H3. The Balaban J connectivity index is 2.21. The molecule has 0 unspecified atom stereocenters. The first-order valence-corrected chi connectivity index (χ1v) is 7.10. The summed E-state index contributed by atoms with van der Waals surface area (Å²) < 4.78 is 5.87. The van der Waals surface area contributed by atoms with Crippen LogP contribution in [0.2, 0.25) is 0 Å². The summed E-state index contributed by atoms with van der Waals surface area (Å²) in [7, 11) is 0. The molecular weight excluding hydrogens is 260 g/mol. The zero-order valence-electron chi connectivity index (χ0n) is 12.7. The fraction of sp³-hybridized carbons (Fsp3) is 0.278. The molecule has 3 nitrogen and oxygen atoms in total. The van der Waals surface area contributed by atoms with Crippen molar-refractivity contribution in [3.05, 3.63) is 59.2 Å². The molecule has 21 heavy (non-hydrogen) atoms. The summed E-state index contributed by atoms with van der Waals surface area (Å²) in [6.07, 6.45) is 0. The van der Waals surface area contributed by atoms with Gasteiger partial charge in [0.15, 0.2) is 0 Å². The van der Waals surface area contributed by atoms with Gasteiger partial charge in [0, 0.05) is 12.6 Å². The fourth-order valence-electron chi connectivity index (χ4n) is 1.97. The van der Waals surface area contributed by atoms with Crippen molar-refractivity contribution in [2.45, 2.75) is 33.4 Å². The maximum absolute atomic E-state index is 9.32. The molecule has 0 amide bonds. The van der Waals surface area contributed by atoms with Crippen molar-refractivity contribution in [1.82, 2.24) is 5.32 Å². The van der Waals surface area contributed by atoms with E-state index in [0.717, 1.165) is 23.4 Å². The van der Waals surface area contributed by atoms with Gasteiger partial charge in [0.05, 0.1) is 5.56 Å². The molecule has 0 aromatic heterocycles. The number of nitrogens with one attached hydrogen (secondary N) is 1.